The number of carboxylic acids is 1. The maximum atomic E-state index is 11.8. The Morgan fingerprint density at radius 1 is 1.30 bits per heavy atom. The van der Waals surface area contributed by atoms with E-state index in [4.69, 9.17) is 32.9 Å². The third-order valence-electron chi connectivity index (χ3n) is 2.18. The summed E-state index contributed by atoms with van der Waals surface area (Å²) in [5.74, 6) is -3.70. The molecule has 0 aliphatic carbocycles. The average molecular weight is 342 g/mol. The van der Waals surface area contributed by atoms with Crippen LogP contribution in [-0.4, -0.2) is 41.7 Å². The molecule has 0 saturated heterocycles. The highest BCUT2D eigenvalue weighted by atomic mass is 35.5. The van der Waals surface area contributed by atoms with E-state index >= 15 is 0 Å². The van der Waals surface area contributed by atoms with Crippen LogP contribution in [0.4, 0.5) is 0 Å². The number of aliphatic carboxylic acids is 1. The summed E-state index contributed by atoms with van der Waals surface area (Å²) >= 11 is 11.5. The van der Waals surface area contributed by atoms with Crippen LogP contribution in [0.25, 0.3) is 0 Å². The van der Waals surface area contributed by atoms with Crippen molar-refractivity contribution in [1.82, 2.24) is 5.32 Å². The maximum Gasteiger partial charge on any atom is 0.327 e. The second kappa shape index (κ2) is 6.40. The fourth-order valence-electron chi connectivity index (χ4n) is 1.30. The molecule has 10 heteroatoms. The van der Waals surface area contributed by atoms with E-state index in [1.807, 2.05) is 5.32 Å². The van der Waals surface area contributed by atoms with Crippen LogP contribution in [0.2, 0.25) is 10.0 Å². The van der Waals surface area contributed by atoms with E-state index in [2.05, 4.69) is 0 Å². The van der Waals surface area contributed by atoms with Crippen LogP contribution in [0.15, 0.2) is 18.2 Å². The van der Waals surface area contributed by atoms with E-state index < -0.39 is 33.8 Å². The van der Waals surface area contributed by atoms with Gasteiger partial charge < -0.3 is 10.4 Å². The second-order valence-electron chi connectivity index (χ2n) is 3.71. The lowest BCUT2D eigenvalue weighted by Crippen LogP contribution is -2.45. The lowest BCUT2D eigenvalue weighted by Gasteiger charge is -2.13. The van der Waals surface area contributed by atoms with Gasteiger partial charge in [-0.1, -0.05) is 29.3 Å². The topological polar surface area (TPSA) is 121 Å². The van der Waals surface area contributed by atoms with Crippen LogP contribution in [0, 0.1) is 0 Å². The number of hydrogen-bond donors (Lipinski definition) is 3. The van der Waals surface area contributed by atoms with E-state index in [0.717, 1.165) is 0 Å². The zero-order valence-corrected chi connectivity index (χ0v) is 12.0. The third-order valence-corrected chi connectivity index (χ3v) is 3.75. The molecule has 0 saturated carbocycles. The Morgan fingerprint density at radius 3 is 2.40 bits per heavy atom. The number of carbonyl (C=O) groups is 2. The first-order valence-electron chi connectivity index (χ1n) is 5.04. The van der Waals surface area contributed by atoms with Gasteiger partial charge in [0.2, 0.25) is 0 Å². The normalized spacial score (nSPS) is 12.8. The highest BCUT2D eigenvalue weighted by Gasteiger charge is 2.27. The lowest BCUT2D eigenvalue weighted by atomic mass is 10.2. The summed E-state index contributed by atoms with van der Waals surface area (Å²) in [6.45, 7) is 0. The number of hydrogen-bond acceptors (Lipinski definition) is 4. The van der Waals surface area contributed by atoms with E-state index in [9.17, 15) is 18.0 Å². The SMILES string of the molecule is O=C(N[C@@H](CS(=O)(=O)O)C(=O)O)c1cccc(Cl)c1Cl. The molecule has 1 rings (SSSR count). The summed E-state index contributed by atoms with van der Waals surface area (Å²) in [6, 6.07) is 2.32. The summed E-state index contributed by atoms with van der Waals surface area (Å²) in [4.78, 5) is 22.7. The monoisotopic (exact) mass is 341 g/mol. The van der Waals surface area contributed by atoms with Gasteiger partial charge in [0.05, 0.1) is 15.6 Å². The second-order valence-corrected chi connectivity index (χ2v) is 6.00. The van der Waals surface area contributed by atoms with Crippen molar-refractivity contribution in [1.29, 1.82) is 0 Å². The predicted octanol–water partition coefficient (Wildman–Crippen LogP) is 1.06. The first-order chi connectivity index (χ1) is 9.11. The molecule has 20 heavy (non-hydrogen) atoms. The molecule has 1 aromatic rings. The third kappa shape index (κ3) is 4.64. The fraction of sp³-hybridized carbons (Fsp3) is 0.200. The summed E-state index contributed by atoms with van der Waals surface area (Å²) in [7, 11) is -4.57. The molecule has 1 atom stereocenters. The summed E-state index contributed by atoms with van der Waals surface area (Å²) in [5, 5.41) is 10.7. The first-order valence-corrected chi connectivity index (χ1v) is 7.41. The van der Waals surface area contributed by atoms with Crippen molar-refractivity contribution in [2.45, 2.75) is 6.04 Å². The van der Waals surface area contributed by atoms with Crippen LogP contribution in [0.1, 0.15) is 10.4 Å². The minimum absolute atomic E-state index is 0.0842. The minimum atomic E-state index is -4.57. The largest absolute Gasteiger partial charge is 0.480 e. The zero-order chi connectivity index (χ0) is 15.5. The van der Waals surface area contributed by atoms with Crippen molar-refractivity contribution in [2.75, 3.05) is 5.75 Å². The number of amides is 1. The average Bonchev–Trinajstić information content (AvgIpc) is 2.29. The maximum absolute atomic E-state index is 11.8. The molecule has 0 spiro atoms. The van der Waals surface area contributed by atoms with Crippen molar-refractivity contribution < 1.29 is 27.7 Å². The Balaban J connectivity index is 2.97. The highest BCUT2D eigenvalue weighted by molar-refractivity contribution is 7.85. The van der Waals surface area contributed by atoms with E-state index in [1.54, 1.807) is 0 Å². The molecule has 1 amide bonds. The number of carbonyl (C=O) groups excluding carboxylic acids is 1. The Bertz CT molecular complexity index is 645. The standard InChI is InChI=1S/C10H9Cl2NO6S/c11-6-3-1-2-5(8(6)12)9(14)13-7(10(15)16)4-20(17,18)19/h1-3,7H,4H2,(H,13,14)(H,15,16)(H,17,18,19)/t7-/m0/s1. The summed E-state index contributed by atoms with van der Waals surface area (Å²) in [6.07, 6.45) is 0. The molecule has 3 N–H and O–H groups in total. The number of benzene rings is 1. The van der Waals surface area contributed by atoms with Crippen molar-refractivity contribution in [3.8, 4) is 0 Å². The van der Waals surface area contributed by atoms with Crippen LogP contribution in [0.3, 0.4) is 0 Å². The van der Waals surface area contributed by atoms with Crippen LogP contribution < -0.4 is 5.32 Å². The quantitative estimate of drug-likeness (QED) is 0.688. The van der Waals surface area contributed by atoms with Crippen LogP contribution >= 0.6 is 23.2 Å². The van der Waals surface area contributed by atoms with Gasteiger partial charge in [0.1, 0.15) is 11.8 Å². The number of rotatable bonds is 5. The van der Waals surface area contributed by atoms with Crippen LogP contribution in [0.5, 0.6) is 0 Å². The Hall–Kier alpha value is -1.35. The number of nitrogens with one attached hydrogen (secondary N) is 1. The molecule has 7 nitrogen and oxygen atoms in total. The Morgan fingerprint density at radius 2 is 1.90 bits per heavy atom. The molecule has 0 heterocycles. The van der Waals surface area contributed by atoms with Gasteiger partial charge in [-0.05, 0) is 12.1 Å². The van der Waals surface area contributed by atoms with Gasteiger partial charge in [0, 0.05) is 0 Å². The van der Waals surface area contributed by atoms with E-state index in [-0.39, 0.29) is 15.6 Å². The smallest absolute Gasteiger partial charge is 0.327 e. The van der Waals surface area contributed by atoms with Crippen molar-refractivity contribution in [3.63, 3.8) is 0 Å². The predicted molar refractivity (Wildman–Crippen MR) is 71.8 cm³/mol. The van der Waals surface area contributed by atoms with Crippen molar-refractivity contribution in [2.24, 2.45) is 0 Å². The van der Waals surface area contributed by atoms with Crippen LogP contribution in [-0.2, 0) is 14.9 Å². The molecule has 0 aromatic heterocycles. The van der Waals surface area contributed by atoms with E-state index in [0.29, 0.717) is 0 Å². The van der Waals surface area contributed by atoms with E-state index in [1.165, 1.54) is 18.2 Å². The molecule has 1 aromatic carbocycles. The van der Waals surface area contributed by atoms with Crippen molar-refractivity contribution >= 4 is 45.2 Å². The van der Waals surface area contributed by atoms with Gasteiger partial charge in [0.15, 0.2) is 0 Å². The number of halogens is 2. The number of carboxylic acid groups (broad SMARTS) is 1. The van der Waals surface area contributed by atoms with Gasteiger partial charge in [-0.15, -0.1) is 0 Å². The summed E-state index contributed by atoms with van der Waals surface area (Å²) in [5.41, 5.74) is -0.110. The molecular formula is C10H9Cl2NO6S. The van der Waals surface area contributed by atoms with Gasteiger partial charge in [-0.25, -0.2) is 4.79 Å². The van der Waals surface area contributed by atoms with Gasteiger partial charge in [0.25, 0.3) is 16.0 Å². The molecule has 0 unspecified atom stereocenters. The molecule has 0 aliphatic rings. The molecular weight excluding hydrogens is 333 g/mol. The van der Waals surface area contributed by atoms with Gasteiger partial charge >= 0.3 is 5.97 Å². The molecule has 0 bridgehead atoms. The summed E-state index contributed by atoms with van der Waals surface area (Å²) < 4.78 is 30.0. The van der Waals surface area contributed by atoms with Gasteiger partial charge in [-0.2, -0.15) is 8.42 Å². The van der Waals surface area contributed by atoms with Crippen molar-refractivity contribution in [3.05, 3.63) is 33.8 Å². The fourth-order valence-corrected chi connectivity index (χ4v) is 2.33. The van der Waals surface area contributed by atoms with Gasteiger partial charge in [-0.3, -0.25) is 9.35 Å². The lowest BCUT2D eigenvalue weighted by molar-refractivity contribution is -0.138. The Kier molecular flexibility index (Phi) is 5.35. The highest BCUT2D eigenvalue weighted by Crippen LogP contribution is 2.25. The molecule has 0 radical (unpaired) electrons. The first kappa shape index (κ1) is 16.7. The minimum Gasteiger partial charge on any atom is -0.480 e. The molecule has 0 fully saturated rings. The Labute approximate surface area is 124 Å². The molecule has 110 valence electrons. The molecule has 0 aliphatic heterocycles. The zero-order valence-electron chi connectivity index (χ0n) is 9.71.